The third-order valence-electron chi connectivity index (χ3n) is 3.36. The lowest BCUT2D eigenvalue weighted by Crippen LogP contribution is -2.36. The lowest BCUT2D eigenvalue weighted by atomic mass is 9.61. The Bertz CT molecular complexity index is 697. The van der Waals surface area contributed by atoms with Crippen LogP contribution in [-0.4, -0.2) is 7.28 Å². The van der Waals surface area contributed by atoms with Crippen LogP contribution in [0.5, 0.6) is 0 Å². The average molecular weight is 302 g/mol. The smallest absolute Gasteiger partial charge is 0.200 e. The van der Waals surface area contributed by atoms with Crippen molar-refractivity contribution in [2.24, 2.45) is 0 Å². The largest absolute Gasteiger partial charge is 0.207 e. The van der Waals surface area contributed by atoms with Crippen molar-refractivity contribution in [3.8, 4) is 0 Å². The number of rotatable bonds is 2. The van der Waals surface area contributed by atoms with E-state index < -0.39 is 53.2 Å². The molecule has 0 N–H and O–H groups in total. The predicted molar refractivity (Wildman–Crippen MR) is 68.5 cm³/mol. The molecule has 0 unspecified atom stereocenters. The van der Waals surface area contributed by atoms with Crippen molar-refractivity contribution in [3.63, 3.8) is 0 Å². The summed E-state index contributed by atoms with van der Waals surface area (Å²) < 4.78 is 81.0. The molecule has 0 heterocycles. The normalized spacial score (nSPS) is 10.9. The van der Waals surface area contributed by atoms with Crippen LogP contribution in [0.15, 0.2) is 12.1 Å². The van der Waals surface area contributed by atoms with Crippen LogP contribution in [0.25, 0.3) is 0 Å². The van der Waals surface area contributed by atoms with E-state index in [9.17, 15) is 26.3 Å². The highest BCUT2D eigenvalue weighted by Gasteiger charge is 2.24. The van der Waals surface area contributed by atoms with Gasteiger partial charge in [-0.3, -0.25) is 0 Å². The fraction of sp³-hybridized carbons (Fsp3) is 0.143. The Balaban J connectivity index is 2.60. The number of hydrogen-bond donors (Lipinski definition) is 0. The van der Waals surface area contributed by atoms with Crippen molar-refractivity contribution in [1.82, 2.24) is 0 Å². The third-order valence-corrected chi connectivity index (χ3v) is 3.36. The molecule has 0 nitrogen and oxygen atoms in total. The molecule has 2 rings (SSSR count). The molecule has 0 fully saturated rings. The minimum absolute atomic E-state index is 0.0448. The summed E-state index contributed by atoms with van der Waals surface area (Å²) in [5, 5.41) is 0. The van der Waals surface area contributed by atoms with Crippen molar-refractivity contribution in [2.45, 2.75) is 13.8 Å². The Morgan fingerprint density at radius 2 is 1.24 bits per heavy atom. The van der Waals surface area contributed by atoms with Gasteiger partial charge in [-0.05, 0) is 30.9 Å². The quantitative estimate of drug-likeness (QED) is 0.454. The first kappa shape index (κ1) is 15.5. The molecule has 2 aromatic carbocycles. The Labute approximate surface area is 117 Å². The predicted octanol–water partition coefficient (Wildman–Crippen LogP) is 2.53. The van der Waals surface area contributed by atoms with Gasteiger partial charge in [0.15, 0.2) is 23.3 Å². The van der Waals surface area contributed by atoms with Gasteiger partial charge in [0.25, 0.3) is 0 Å². The van der Waals surface area contributed by atoms with E-state index in [1.807, 2.05) is 0 Å². The maximum Gasteiger partial charge on any atom is 0.200 e. The molecule has 21 heavy (non-hydrogen) atoms. The molecular formula is C14H9BF6. The minimum atomic E-state index is -1.56. The first-order valence-electron chi connectivity index (χ1n) is 6.00. The average Bonchev–Trinajstić information content (AvgIpc) is 2.44. The molecule has 0 saturated carbocycles. The molecule has 0 aliphatic heterocycles. The third kappa shape index (κ3) is 2.64. The van der Waals surface area contributed by atoms with Gasteiger partial charge >= 0.3 is 0 Å². The minimum Gasteiger partial charge on any atom is -0.207 e. The molecule has 0 saturated heterocycles. The summed E-state index contributed by atoms with van der Waals surface area (Å²) in [6.07, 6.45) is 0. The highest BCUT2D eigenvalue weighted by Crippen LogP contribution is 2.16. The summed E-state index contributed by atoms with van der Waals surface area (Å²) in [4.78, 5) is 0. The van der Waals surface area contributed by atoms with Crippen LogP contribution in [0.3, 0.4) is 0 Å². The fourth-order valence-electron chi connectivity index (χ4n) is 2.02. The molecule has 0 spiro atoms. The highest BCUT2D eigenvalue weighted by atomic mass is 19.2. The van der Waals surface area contributed by atoms with Crippen molar-refractivity contribution in [3.05, 3.63) is 58.2 Å². The summed E-state index contributed by atoms with van der Waals surface area (Å²) in [5.41, 5.74) is -1.82. The van der Waals surface area contributed by atoms with Gasteiger partial charge in [0, 0.05) is 11.6 Å². The van der Waals surface area contributed by atoms with Crippen molar-refractivity contribution < 1.29 is 26.3 Å². The zero-order valence-electron chi connectivity index (χ0n) is 11.1. The van der Waals surface area contributed by atoms with Crippen molar-refractivity contribution in [1.29, 1.82) is 0 Å². The zero-order chi connectivity index (χ0) is 15.9. The summed E-state index contributed by atoms with van der Waals surface area (Å²) in [6, 6.07) is 1.48. The molecule has 0 aromatic heterocycles. The summed E-state index contributed by atoms with van der Waals surface area (Å²) in [5.74, 6) is -8.00. The van der Waals surface area contributed by atoms with Crippen LogP contribution in [0.4, 0.5) is 26.3 Å². The highest BCUT2D eigenvalue weighted by molar-refractivity contribution is 6.68. The Kier molecular flexibility index (Phi) is 4.03. The summed E-state index contributed by atoms with van der Waals surface area (Å²) in [6.45, 7) is 2.18. The maximum atomic E-state index is 13.8. The maximum absolute atomic E-state index is 13.8. The molecule has 2 aromatic rings. The van der Waals surface area contributed by atoms with Crippen molar-refractivity contribution in [2.75, 3.05) is 0 Å². The molecule has 0 amide bonds. The molecule has 0 aliphatic carbocycles. The van der Waals surface area contributed by atoms with Gasteiger partial charge in [0.2, 0.25) is 7.28 Å². The molecule has 0 atom stereocenters. The van der Waals surface area contributed by atoms with Crippen LogP contribution in [0.2, 0.25) is 0 Å². The number of hydrogen-bond acceptors (Lipinski definition) is 0. The van der Waals surface area contributed by atoms with E-state index in [2.05, 4.69) is 0 Å². The summed E-state index contributed by atoms with van der Waals surface area (Å²) >= 11 is 0. The SMILES string of the molecule is Cc1c(F)cc(F)cc1Bc1c(F)c(F)c(C)c(F)c1F. The molecule has 0 aliphatic rings. The molecule has 7 heteroatoms. The van der Waals surface area contributed by atoms with Gasteiger partial charge in [-0.2, -0.15) is 0 Å². The lowest BCUT2D eigenvalue weighted by Gasteiger charge is -2.11. The van der Waals surface area contributed by atoms with Gasteiger partial charge < -0.3 is 0 Å². The van der Waals surface area contributed by atoms with Crippen LogP contribution < -0.4 is 10.9 Å². The van der Waals surface area contributed by atoms with E-state index in [1.165, 1.54) is 6.92 Å². The van der Waals surface area contributed by atoms with Gasteiger partial charge in [0.1, 0.15) is 11.6 Å². The number of halogens is 6. The lowest BCUT2D eigenvalue weighted by molar-refractivity contribution is 0.454. The Morgan fingerprint density at radius 1 is 0.714 bits per heavy atom. The van der Waals surface area contributed by atoms with Gasteiger partial charge in [-0.25, -0.2) is 26.3 Å². The van der Waals surface area contributed by atoms with Crippen LogP contribution in [-0.2, 0) is 0 Å². The first-order chi connectivity index (χ1) is 9.73. The van der Waals surface area contributed by atoms with Gasteiger partial charge in [-0.15, -0.1) is 0 Å². The number of benzene rings is 2. The van der Waals surface area contributed by atoms with Gasteiger partial charge in [-0.1, -0.05) is 5.46 Å². The Morgan fingerprint density at radius 3 is 1.76 bits per heavy atom. The zero-order valence-corrected chi connectivity index (χ0v) is 11.1. The van der Waals surface area contributed by atoms with E-state index in [1.54, 1.807) is 0 Å². The molecule has 0 bridgehead atoms. The van der Waals surface area contributed by atoms with E-state index in [-0.39, 0.29) is 11.0 Å². The van der Waals surface area contributed by atoms with E-state index in [0.717, 1.165) is 13.0 Å². The van der Waals surface area contributed by atoms with Gasteiger partial charge in [0.05, 0.1) is 0 Å². The van der Waals surface area contributed by atoms with Crippen molar-refractivity contribution >= 4 is 18.2 Å². The Hall–Kier alpha value is -1.92. The van der Waals surface area contributed by atoms with Crippen LogP contribution in [0, 0.1) is 48.8 Å². The van der Waals surface area contributed by atoms with E-state index in [0.29, 0.717) is 6.07 Å². The first-order valence-corrected chi connectivity index (χ1v) is 6.00. The second-order valence-corrected chi connectivity index (χ2v) is 4.71. The fourth-order valence-corrected chi connectivity index (χ4v) is 2.02. The topological polar surface area (TPSA) is 0 Å². The van der Waals surface area contributed by atoms with E-state index >= 15 is 0 Å². The molecule has 0 radical (unpaired) electrons. The van der Waals surface area contributed by atoms with E-state index in [4.69, 9.17) is 0 Å². The van der Waals surface area contributed by atoms with Crippen LogP contribution in [0.1, 0.15) is 11.1 Å². The monoisotopic (exact) mass is 302 g/mol. The standard InChI is InChI=1S/C14H9BF6/c1-5-8(3-7(16)4-9(5)17)15-10-13(20)11(18)6(2)12(19)14(10)21/h3-4,15H,1-2H3. The second-order valence-electron chi connectivity index (χ2n) is 4.71. The second kappa shape index (κ2) is 5.46. The molecule has 110 valence electrons. The molecular weight excluding hydrogens is 293 g/mol. The van der Waals surface area contributed by atoms with Crippen LogP contribution >= 0.6 is 0 Å². The summed E-state index contributed by atoms with van der Waals surface area (Å²) in [7, 11) is -0.660.